The predicted octanol–water partition coefficient (Wildman–Crippen LogP) is 1.77. The molecule has 2 aliphatic rings. The van der Waals surface area contributed by atoms with Crippen LogP contribution in [0.4, 0.5) is 4.39 Å². The third-order valence-electron chi connectivity index (χ3n) is 4.45. The summed E-state index contributed by atoms with van der Waals surface area (Å²) >= 11 is 0. The first-order valence-corrected chi connectivity index (χ1v) is 7.44. The molecule has 1 aromatic rings. The van der Waals surface area contributed by atoms with Crippen LogP contribution in [0, 0.1) is 23.6 Å². The summed E-state index contributed by atoms with van der Waals surface area (Å²) in [6.45, 7) is 0.404. The lowest BCUT2D eigenvalue weighted by atomic mass is 9.92. The van der Waals surface area contributed by atoms with Crippen molar-refractivity contribution in [2.45, 2.75) is 12.8 Å². The van der Waals surface area contributed by atoms with E-state index in [1.807, 2.05) is 0 Å². The summed E-state index contributed by atoms with van der Waals surface area (Å²) in [6, 6.07) is 5.89. The van der Waals surface area contributed by atoms with Gasteiger partial charge in [0.25, 0.3) is 5.91 Å². The number of nitrogens with zero attached hydrogens (tertiary/aromatic N) is 1. The fourth-order valence-corrected chi connectivity index (χ4v) is 3.09. The number of halogens is 1. The molecule has 22 heavy (non-hydrogen) atoms. The highest BCUT2D eigenvalue weighted by molar-refractivity contribution is 5.80. The lowest BCUT2D eigenvalue weighted by molar-refractivity contribution is -0.142. The molecule has 1 aliphatic carbocycles. The minimum absolute atomic E-state index is 0.0311. The van der Waals surface area contributed by atoms with Crippen LogP contribution >= 0.6 is 0 Å². The molecule has 1 N–H and O–H groups in total. The summed E-state index contributed by atoms with van der Waals surface area (Å²) in [5.74, 6) is -1.66. The highest BCUT2D eigenvalue weighted by atomic mass is 19.1. The fraction of sp³-hybridized carbons (Fsp3) is 0.500. The molecule has 3 rings (SSSR count). The standard InChI is InChI=1S/C16H18FNO4/c17-13-3-1-2-4-14(13)22-9-15(19)18-7-11(10-5-6-10)12(8-18)16(20)21/h1-4,10-12H,5-9H2,(H,20,21)/t11-,12+/m1/s1. The minimum atomic E-state index is -0.845. The van der Waals surface area contributed by atoms with Crippen LogP contribution in [0.2, 0.25) is 0 Å². The SMILES string of the molecule is O=C(O)[C@H]1CN(C(=O)COc2ccccc2F)C[C@@H]1C1CC1. The maximum atomic E-state index is 13.4. The number of carboxylic acid groups (broad SMARTS) is 1. The number of carbonyl (C=O) groups excluding carboxylic acids is 1. The van der Waals surface area contributed by atoms with E-state index < -0.39 is 17.7 Å². The van der Waals surface area contributed by atoms with Crippen molar-refractivity contribution in [1.82, 2.24) is 4.90 Å². The Kier molecular flexibility index (Phi) is 4.00. The first kappa shape index (κ1) is 14.8. The summed E-state index contributed by atoms with van der Waals surface area (Å²) in [6.07, 6.45) is 2.09. The van der Waals surface area contributed by atoms with Crippen LogP contribution in [0.3, 0.4) is 0 Å². The van der Waals surface area contributed by atoms with Crippen LogP contribution in [0.15, 0.2) is 24.3 Å². The molecule has 1 aliphatic heterocycles. The second-order valence-electron chi connectivity index (χ2n) is 5.96. The Morgan fingerprint density at radius 1 is 1.27 bits per heavy atom. The molecule has 1 aromatic carbocycles. The van der Waals surface area contributed by atoms with Gasteiger partial charge in [0, 0.05) is 13.1 Å². The van der Waals surface area contributed by atoms with E-state index in [2.05, 4.69) is 0 Å². The van der Waals surface area contributed by atoms with E-state index in [1.165, 1.54) is 17.0 Å². The monoisotopic (exact) mass is 307 g/mol. The topological polar surface area (TPSA) is 66.8 Å². The van der Waals surface area contributed by atoms with Crippen LogP contribution in [-0.2, 0) is 9.59 Å². The van der Waals surface area contributed by atoms with Gasteiger partial charge >= 0.3 is 5.97 Å². The molecule has 0 radical (unpaired) electrons. The number of rotatable bonds is 5. The lowest BCUT2D eigenvalue weighted by Crippen LogP contribution is -2.34. The molecular formula is C16H18FNO4. The van der Waals surface area contributed by atoms with Crippen molar-refractivity contribution in [3.63, 3.8) is 0 Å². The number of carboxylic acids is 1. The number of hydrogen-bond acceptors (Lipinski definition) is 3. The first-order chi connectivity index (χ1) is 10.6. The second-order valence-corrected chi connectivity index (χ2v) is 5.96. The van der Waals surface area contributed by atoms with Crippen molar-refractivity contribution in [2.75, 3.05) is 19.7 Å². The van der Waals surface area contributed by atoms with Gasteiger partial charge in [0.1, 0.15) is 0 Å². The number of likely N-dealkylation sites (tertiary alicyclic amines) is 1. The zero-order valence-corrected chi connectivity index (χ0v) is 12.1. The maximum absolute atomic E-state index is 13.4. The molecular weight excluding hydrogens is 289 g/mol. The average Bonchev–Trinajstić information content (AvgIpc) is 3.24. The average molecular weight is 307 g/mol. The summed E-state index contributed by atoms with van der Waals surface area (Å²) in [5, 5.41) is 9.29. The summed E-state index contributed by atoms with van der Waals surface area (Å²) in [5.41, 5.74) is 0. The Morgan fingerprint density at radius 3 is 2.64 bits per heavy atom. The molecule has 2 atom stereocenters. The number of carbonyl (C=O) groups is 2. The first-order valence-electron chi connectivity index (χ1n) is 7.44. The molecule has 1 saturated heterocycles. The number of benzene rings is 1. The summed E-state index contributed by atoms with van der Waals surface area (Å²) in [7, 11) is 0. The Labute approximate surface area is 127 Å². The van der Waals surface area contributed by atoms with Crippen LogP contribution in [-0.4, -0.2) is 41.6 Å². The molecule has 6 heteroatoms. The van der Waals surface area contributed by atoms with E-state index in [1.54, 1.807) is 12.1 Å². The van der Waals surface area contributed by atoms with Crippen molar-refractivity contribution < 1.29 is 23.8 Å². The van der Waals surface area contributed by atoms with Gasteiger partial charge in [-0.15, -0.1) is 0 Å². The normalized spacial score (nSPS) is 24.3. The maximum Gasteiger partial charge on any atom is 0.308 e. The molecule has 1 saturated carbocycles. The van der Waals surface area contributed by atoms with Gasteiger partial charge in [-0.25, -0.2) is 4.39 Å². The molecule has 2 fully saturated rings. The largest absolute Gasteiger partial charge is 0.481 e. The Bertz CT molecular complexity index is 587. The molecule has 5 nitrogen and oxygen atoms in total. The number of hydrogen-bond donors (Lipinski definition) is 1. The van der Waals surface area contributed by atoms with E-state index in [-0.39, 0.29) is 30.7 Å². The van der Waals surface area contributed by atoms with Crippen LogP contribution in [0.1, 0.15) is 12.8 Å². The molecule has 0 aromatic heterocycles. The van der Waals surface area contributed by atoms with Crippen LogP contribution in [0.25, 0.3) is 0 Å². The van der Waals surface area contributed by atoms with Gasteiger partial charge in [0.05, 0.1) is 5.92 Å². The fourth-order valence-electron chi connectivity index (χ4n) is 3.09. The third-order valence-corrected chi connectivity index (χ3v) is 4.45. The van der Waals surface area contributed by atoms with Crippen molar-refractivity contribution in [1.29, 1.82) is 0 Å². The van der Waals surface area contributed by atoms with Gasteiger partial charge in [-0.2, -0.15) is 0 Å². The Morgan fingerprint density at radius 2 is 2.00 bits per heavy atom. The molecule has 118 valence electrons. The van der Waals surface area contributed by atoms with E-state index in [4.69, 9.17) is 4.74 Å². The highest BCUT2D eigenvalue weighted by Gasteiger charge is 2.46. The molecule has 1 amide bonds. The zero-order chi connectivity index (χ0) is 15.7. The number of aliphatic carboxylic acids is 1. The van der Waals surface area contributed by atoms with Crippen molar-refractivity contribution >= 4 is 11.9 Å². The van der Waals surface area contributed by atoms with E-state index >= 15 is 0 Å². The number of ether oxygens (including phenoxy) is 1. The Hall–Kier alpha value is -2.11. The van der Waals surface area contributed by atoms with E-state index in [9.17, 15) is 19.1 Å². The van der Waals surface area contributed by atoms with E-state index in [0.29, 0.717) is 12.5 Å². The van der Waals surface area contributed by atoms with Crippen LogP contribution in [0.5, 0.6) is 5.75 Å². The van der Waals surface area contributed by atoms with Gasteiger partial charge in [0.15, 0.2) is 18.2 Å². The molecule has 0 spiro atoms. The number of para-hydroxylation sites is 1. The summed E-state index contributed by atoms with van der Waals surface area (Å²) in [4.78, 5) is 25.0. The van der Waals surface area contributed by atoms with E-state index in [0.717, 1.165) is 12.8 Å². The molecule has 0 unspecified atom stereocenters. The highest BCUT2D eigenvalue weighted by Crippen LogP contribution is 2.44. The number of amides is 1. The van der Waals surface area contributed by atoms with Gasteiger partial charge in [0.2, 0.25) is 0 Å². The van der Waals surface area contributed by atoms with Gasteiger partial charge in [-0.05, 0) is 36.8 Å². The van der Waals surface area contributed by atoms with Crippen molar-refractivity contribution in [2.24, 2.45) is 17.8 Å². The second kappa shape index (κ2) is 5.94. The third kappa shape index (κ3) is 3.05. The van der Waals surface area contributed by atoms with Gasteiger partial charge < -0.3 is 14.7 Å². The Balaban J connectivity index is 1.59. The predicted molar refractivity (Wildman–Crippen MR) is 75.8 cm³/mol. The quantitative estimate of drug-likeness (QED) is 0.900. The molecule has 1 heterocycles. The van der Waals surface area contributed by atoms with Crippen molar-refractivity contribution in [3.8, 4) is 5.75 Å². The smallest absolute Gasteiger partial charge is 0.308 e. The summed E-state index contributed by atoms with van der Waals surface area (Å²) < 4.78 is 18.6. The zero-order valence-electron chi connectivity index (χ0n) is 12.1. The van der Waals surface area contributed by atoms with Crippen LogP contribution < -0.4 is 4.74 Å². The van der Waals surface area contributed by atoms with Crippen molar-refractivity contribution in [3.05, 3.63) is 30.1 Å². The molecule has 0 bridgehead atoms. The van der Waals surface area contributed by atoms with Gasteiger partial charge in [-0.3, -0.25) is 9.59 Å². The van der Waals surface area contributed by atoms with Gasteiger partial charge in [-0.1, -0.05) is 12.1 Å². The minimum Gasteiger partial charge on any atom is -0.481 e. The lowest BCUT2D eigenvalue weighted by Gasteiger charge is -2.16.